The van der Waals surface area contributed by atoms with Crippen LogP contribution in [0.3, 0.4) is 0 Å². The van der Waals surface area contributed by atoms with Gasteiger partial charge in [0.25, 0.3) is 0 Å². The van der Waals surface area contributed by atoms with Crippen molar-refractivity contribution in [1.29, 1.82) is 0 Å². The van der Waals surface area contributed by atoms with Gasteiger partial charge in [0.2, 0.25) is 10.0 Å². The first kappa shape index (κ1) is 15.9. The van der Waals surface area contributed by atoms with Crippen LogP contribution in [0.2, 0.25) is 0 Å². The molecule has 6 heteroatoms. The molecule has 2 N–H and O–H groups in total. The predicted octanol–water partition coefficient (Wildman–Crippen LogP) is 3.74. The van der Waals surface area contributed by atoms with Gasteiger partial charge in [-0.15, -0.1) is 0 Å². The molecule has 0 aliphatic carbocycles. The SMILES string of the molecule is Cc1ccc(CNc2cccc(NS(C)(=O)=O)c2)cc1Br. The minimum atomic E-state index is -3.26. The number of benzene rings is 2. The molecule has 0 aliphatic rings. The molecule has 0 spiro atoms. The van der Waals surface area contributed by atoms with Gasteiger partial charge in [0.1, 0.15) is 0 Å². The first-order valence-corrected chi connectivity index (χ1v) is 9.09. The zero-order valence-electron chi connectivity index (χ0n) is 11.9. The maximum absolute atomic E-state index is 11.2. The van der Waals surface area contributed by atoms with Gasteiger partial charge in [0.15, 0.2) is 0 Å². The van der Waals surface area contributed by atoms with Gasteiger partial charge in [-0.2, -0.15) is 0 Å². The Morgan fingerprint density at radius 3 is 2.48 bits per heavy atom. The Balaban J connectivity index is 2.06. The van der Waals surface area contributed by atoms with Crippen LogP contribution < -0.4 is 10.0 Å². The molecule has 2 aromatic rings. The van der Waals surface area contributed by atoms with Crippen molar-refractivity contribution in [2.24, 2.45) is 0 Å². The van der Waals surface area contributed by atoms with Crippen molar-refractivity contribution in [2.75, 3.05) is 16.3 Å². The fourth-order valence-electron chi connectivity index (χ4n) is 1.86. The normalized spacial score (nSPS) is 11.2. The Bertz CT molecular complexity index is 745. The highest BCUT2D eigenvalue weighted by molar-refractivity contribution is 9.10. The highest BCUT2D eigenvalue weighted by Crippen LogP contribution is 2.20. The van der Waals surface area contributed by atoms with Crippen molar-refractivity contribution in [3.63, 3.8) is 0 Å². The van der Waals surface area contributed by atoms with Crippen LogP contribution in [0.25, 0.3) is 0 Å². The molecule has 2 aromatic carbocycles. The van der Waals surface area contributed by atoms with Crippen molar-refractivity contribution in [3.8, 4) is 0 Å². The molecule has 0 heterocycles. The van der Waals surface area contributed by atoms with Gasteiger partial charge in [-0.05, 0) is 42.3 Å². The minimum absolute atomic E-state index is 0.549. The Hall–Kier alpha value is -1.53. The topological polar surface area (TPSA) is 58.2 Å². The van der Waals surface area contributed by atoms with Crippen LogP contribution in [-0.2, 0) is 16.6 Å². The molecule has 2 rings (SSSR count). The van der Waals surface area contributed by atoms with E-state index < -0.39 is 10.0 Å². The lowest BCUT2D eigenvalue weighted by molar-refractivity contribution is 0.607. The molecule has 0 unspecified atom stereocenters. The second-order valence-electron chi connectivity index (χ2n) is 4.89. The van der Waals surface area contributed by atoms with E-state index in [0.717, 1.165) is 22.0 Å². The van der Waals surface area contributed by atoms with E-state index in [0.29, 0.717) is 12.2 Å². The van der Waals surface area contributed by atoms with Gasteiger partial charge in [0, 0.05) is 16.7 Å². The lowest BCUT2D eigenvalue weighted by Gasteiger charge is -2.10. The minimum Gasteiger partial charge on any atom is -0.381 e. The summed E-state index contributed by atoms with van der Waals surface area (Å²) in [6, 6.07) is 13.4. The Morgan fingerprint density at radius 2 is 1.81 bits per heavy atom. The van der Waals surface area contributed by atoms with Crippen LogP contribution in [0.4, 0.5) is 11.4 Å². The fourth-order valence-corrected chi connectivity index (χ4v) is 2.84. The van der Waals surface area contributed by atoms with E-state index >= 15 is 0 Å². The molecule has 0 saturated heterocycles. The molecule has 4 nitrogen and oxygen atoms in total. The first-order chi connectivity index (χ1) is 9.83. The number of rotatable bonds is 5. The van der Waals surface area contributed by atoms with Crippen molar-refractivity contribution in [2.45, 2.75) is 13.5 Å². The summed E-state index contributed by atoms with van der Waals surface area (Å²) in [6.45, 7) is 2.71. The van der Waals surface area contributed by atoms with Crippen molar-refractivity contribution in [1.82, 2.24) is 0 Å². The molecule has 0 bridgehead atoms. The van der Waals surface area contributed by atoms with E-state index in [1.807, 2.05) is 13.0 Å². The number of sulfonamides is 1. The number of nitrogens with one attached hydrogen (secondary N) is 2. The largest absolute Gasteiger partial charge is 0.381 e. The highest BCUT2D eigenvalue weighted by atomic mass is 79.9. The van der Waals surface area contributed by atoms with Gasteiger partial charge in [-0.1, -0.05) is 34.1 Å². The molecule has 0 fully saturated rings. The van der Waals surface area contributed by atoms with Crippen LogP contribution in [0, 0.1) is 6.92 Å². The molecular weight excluding hydrogens is 352 g/mol. The van der Waals surface area contributed by atoms with Gasteiger partial charge >= 0.3 is 0 Å². The molecule has 0 aromatic heterocycles. The van der Waals surface area contributed by atoms with Crippen LogP contribution >= 0.6 is 15.9 Å². The maximum Gasteiger partial charge on any atom is 0.229 e. The quantitative estimate of drug-likeness (QED) is 0.844. The Labute approximate surface area is 133 Å². The number of hydrogen-bond acceptors (Lipinski definition) is 3. The third kappa shape index (κ3) is 5.06. The average Bonchev–Trinajstić information content (AvgIpc) is 2.39. The molecular formula is C15H17BrN2O2S. The number of aryl methyl sites for hydroxylation is 1. The first-order valence-electron chi connectivity index (χ1n) is 6.40. The van der Waals surface area contributed by atoms with E-state index in [-0.39, 0.29) is 0 Å². The van der Waals surface area contributed by atoms with E-state index in [2.05, 4.69) is 44.2 Å². The third-order valence-corrected chi connectivity index (χ3v) is 4.36. The molecule has 0 aliphatic heterocycles. The van der Waals surface area contributed by atoms with E-state index in [1.165, 1.54) is 5.56 Å². The number of hydrogen-bond donors (Lipinski definition) is 2. The zero-order chi connectivity index (χ0) is 15.5. The monoisotopic (exact) mass is 368 g/mol. The van der Waals surface area contributed by atoms with E-state index in [9.17, 15) is 8.42 Å². The lowest BCUT2D eigenvalue weighted by Crippen LogP contribution is -2.09. The molecule has 21 heavy (non-hydrogen) atoms. The molecule has 0 atom stereocenters. The third-order valence-electron chi connectivity index (χ3n) is 2.90. The number of anilines is 2. The van der Waals surface area contributed by atoms with Crippen LogP contribution in [0.5, 0.6) is 0 Å². The van der Waals surface area contributed by atoms with Crippen LogP contribution in [0.15, 0.2) is 46.9 Å². The second kappa shape index (κ2) is 6.49. The second-order valence-corrected chi connectivity index (χ2v) is 7.49. The summed E-state index contributed by atoms with van der Waals surface area (Å²) >= 11 is 3.51. The van der Waals surface area contributed by atoms with Gasteiger partial charge in [-0.25, -0.2) is 8.42 Å². The van der Waals surface area contributed by atoms with Gasteiger partial charge in [-0.3, -0.25) is 4.72 Å². The van der Waals surface area contributed by atoms with Gasteiger partial charge in [0.05, 0.1) is 11.9 Å². The summed E-state index contributed by atoms with van der Waals surface area (Å²) in [7, 11) is -3.26. The Morgan fingerprint density at radius 1 is 1.10 bits per heavy atom. The lowest BCUT2D eigenvalue weighted by atomic mass is 10.1. The zero-order valence-corrected chi connectivity index (χ0v) is 14.3. The molecule has 0 radical (unpaired) electrons. The summed E-state index contributed by atoms with van der Waals surface area (Å²) in [5.74, 6) is 0. The highest BCUT2D eigenvalue weighted by Gasteiger charge is 2.03. The predicted molar refractivity (Wildman–Crippen MR) is 91.1 cm³/mol. The fraction of sp³-hybridized carbons (Fsp3) is 0.200. The summed E-state index contributed by atoms with van der Waals surface area (Å²) in [5.41, 5.74) is 3.75. The van der Waals surface area contributed by atoms with Crippen molar-refractivity contribution in [3.05, 3.63) is 58.1 Å². The maximum atomic E-state index is 11.2. The molecule has 0 amide bonds. The number of halogens is 1. The standard InChI is InChI=1S/C15H17BrN2O2S/c1-11-6-7-12(8-15(11)16)10-17-13-4-3-5-14(9-13)18-21(2,19)20/h3-9,17-18H,10H2,1-2H3. The van der Waals surface area contributed by atoms with E-state index in [1.54, 1.807) is 18.2 Å². The average molecular weight is 369 g/mol. The summed E-state index contributed by atoms with van der Waals surface area (Å²) in [6.07, 6.45) is 1.14. The van der Waals surface area contributed by atoms with Crippen LogP contribution in [-0.4, -0.2) is 14.7 Å². The molecule has 0 saturated carbocycles. The Kier molecular flexibility index (Phi) is 4.90. The van der Waals surface area contributed by atoms with Crippen molar-refractivity contribution >= 4 is 37.3 Å². The molecule has 112 valence electrons. The summed E-state index contributed by atoms with van der Waals surface area (Å²) in [4.78, 5) is 0. The van der Waals surface area contributed by atoms with E-state index in [4.69, 9.17) is 0 Å². The van der Waals surface area contributed by atoms with Crippen LogP contribution in [0.1, 0.15) is 11.1 Å². The summed E-state index contributed by atoms with van der Waals surface area (Å²) < 4.78 is 26.0. The van der Waals surface area contributed by atoms with Crippen molar-refractivity contribution < 1.29 is 8.42 Å². The van der Waals surface area contributed by atoms with Gasteiger partial charge < -0.3 is 5.32 Å². The smallest absolute Gasteiger partial charge is 0.229 e. The summed E-state index contributed by atoms with van der Waals surface area (Å²) in [5, 5.41) is 3.28.